The number of rotatable bonds is 6. The van der Waals surface area contributed by atoms with Crippen LogP contribution in [0.1, 0.15) is 11.1 Å². The molecule has 0 aromatic heterocycles. The molecule has 1 saturated heterocycles. The van der Waals surface area contributed by atoms with Crippen LogP contribution >= 0.6 is 11.6 Å². The first-order valence-corrected chi connectivity index (χ1v) is 10.5. The number of carbonyl (C=O) groups is 1. The van der Waals surface area contributed by atoms with Crippen LogP contribution in [-0.4, -0.2) is 54.6 Å². The summed E-state index contributed by atoms with van der Waals surface area (Å²) >= 11 is 6.26. The van der Waals surface area contributed by atoms with Crippen molar-refractivity contribution in [3.05, 3.63) is 82.9 Å². The number of amides is 1. The van der Waals surface area contributed by atoms with E-state index in [2.05, 4.69) is 44.6 Å². The predicted octanol–water partition coefficient (Wildman–Crippen LogP) is 3.76. The average Bonchev–Trinajstić information content (AvgIpc) is 2.77. The highest BCUT2D eigenvalue weighted by atomic mass is 35.5. The van der Waals surface area contributed by atoms with Gasteiger partial charge in [-0.15, -0.1) is 0 Å². The molecule has 5 nitrogen and oxygen atoms in total. The lowest BCUT2D eigenvalue weighted by molar-refractivity contribution is -0.122. The second-order valence-electron chi connectivity index (χ2n) is 7.51. The number of hydrazone groups is 1. The highest BCUT2D eigenvalue weighted by Gasteiger charge is 2.19. The first-order valence-electron chi connectivity index (χ1n) is 10.2. The van der Waals surface area contributed by atoms with E-state index < -0.39 is 0 Å². The fraction of sp³-hybridized carbons (Fsp3) is 0.250. The minimum atomic E-state index is -0.0916. The highest BCUT2D eigenvalue weighted by Crippen LogP contribution is 2.18. The van der Waals surface area contributed by atoms with Gasteiger partial charge in [-0.2, -0.15) is 5.10 Å². The van der Waals surface area contributed by atoms with Gasteiger partial charge in [0.15, 0.2) is 0 Å². The summed E-state index contributed by atoms with van der Waals surface area (Å²) in [7, 11) is 0. The fourth-order valence-electron chi connectivity index (χ4n) is 3.75. The van der Waals surface area contributed by atoms with E-state index in [4.69, 9.17) is 11.6 Å². The molecule has 0 atom stereocenters. The van der Waals surface area contributed by atoms with Crippen molar-refractivity contribution in [1.29, 1.82) is 0 Å². The quantitative estimate of drug-likeness (QED) is 0.488. The number of halogens is 1. The molecule has 0 radical (unpaired) electrons. The van der Waals surface area contributed by atoms with Crippen molar-refractivity contribution in [2.45, 2.75) is 6.54 Å². The van der Waals surface area contributed by atoms with Gasteiger partial charge in [-0.05, 0) is 22.4 Å². The van der Waals surface area contributed by atoms with Crippen LogP contribution in [-0.2, 0) is 11.3 Å². The number of carbonyl (C=O) groups excluding carboxylic acids is 1. The average molecular weight is 421 g/mol. The van der Waals surface area contributed by atoms with Gasteiger partial charge in [-0.1, -0.05) is 72.3 Å². The van der Waals surface area contributed by atoms with Crippen LogP contribution in [0.3, 0.4) is 0 Å². The van der Waals surface area contributed by atoms with E-state index in [-0.39, 0.29) is 5.91 Å². The fourth-order valence-corrected chi connectivity index (χ4v) is 3.94. The van der Waals surface area contributed by atoms with Gasteiger partial charge in [-0.3, -0.25) is 14.6 Å². The van der Waals surface area contributed by atoms with E-state index in [0.29, 0.717) is 6.54 Å². The first-order chi connectivity index (χ1) is 14.7. The van der Waals surface area contributed by atoms with Gasteiger partial charge in [0.25, 0.3) is 5.91 Å². The molecule has 1 heterocycles. The third kappa shape index (κ3) is 5.25. The molecule has 154 valence electrons. The summed E-state index contributed by atoms with van der Waals surface area (Å²) in [5.41, 5.74) is 4.79. The Morgan fingerprint density at radius 3 is 2.47 bits per heavy atom. The van der Waals surface area contributed by atoms with Crippen LogP contribution in [0.25, 0.3) is 10.8 Å². The van der Waals surface area contributed by atoms with Crippen molar-refractivity contribution in [1.82, 2.24) is 15.2 Å². The normalized spacial score (nSPS) is 15.6. The number of fused-ring (bicyclic) bond motifs is 1. The number of nitrogens with one attached hydrogen (secondary N) is 1. The molecule has 0 saturated carbocycles. The Kier molecular flexibility index (Phi) is 6.74. The molecule has 1 aliphatic heterocycles. The van der Waals surface area contributed by atoms with E-state index in [9.17, 15) is 4.79 Å². The van der Waals surface area contributed by atoms with Gasteiger partial charge in [0.05, 0.1) is 12.8 Å². The Bertz CT molecular complexity index is 1040. The molecule has 1 aliphatic rings. The Labute approximate surface area is 181 Å². The predicted molar refractivity (Wildman–Crippen MR) is 123 cm³/mol. The molecule has 3 aromatic rings. The number of piperazine rings is 1. The van der Waals surface area contributed by atoms with Gasteiger partial charge < -0.3 is 0 Å². The number of benzene rings is 3. The van der Waals surface area contributed by atoms with Gasteiger partial charge in [-0.25, -0.2) is 5.43 Å². The second kappa shape index (κ2) is 9.85. The molecule has 3 aromatic carbocycles. The van der Waals surface area contributed by atoms with Crippen LogP contribution in [0.5, 0.6) is 0 Å². The van der Waals surface area contributed by atoms with Crippen LogP contribution in [0.4, 0.5) is 0 Å². The molecule has 1 amide bonds. The van der Waals surface area contributed by atoms with E-state index in [1.54, 1.807) is 6.21 Å². The van der Waals surface area contributed by atoms with Crippen LogP contribution in [0.2, 0.25) is 5.02 Å². The maximum absolute atomic E-state index is 12.3. The van der Waals surface area contributed by atoms with Crippen molar-refractivity contribution in [3.63, 3.8) is 0 Å². The zero-order valence-electron chi connectivity index (χ0n) is 16.8. The van der Waals surface area contributed by atoms with Gasteiger partial charge in [0.1, 0.15) is 0 Å². The molecule has 1 N–H and O–H groups in total. The SMILES string of the molecule is O=C(CN1CCN(Cc2ccccc2Cl)CC1)N/N=C\c1cccc2ccccc12. The van der Waals surface area contributed by atoms with Crippen molar-refractivity contribution in [2.75, 3.05) is 32.7 Å². The minimum absolute atomic E-state index is 0.0916. The number of hydrogen-bond acceptors (Lipinski definition) is 4. The minimum Gasteiger partial charge on any atom is -0.296 e. The molecular formula is C24H25ClN4O. The van der Waals surface area contributed by atoms with Crippen molar-refractivity contribution in [2.24, 2.45) is 5.10 Å². The summed E-state index contributed by atoms with van der Waals surface area (Å²) in [4.78, 5) is 16.8. The zero-order chi connectivity index (χ0) is 20.8. The Morgan fingerprint density at radius 1 is 0.933 bits per heavy atom. The molecule has 6 heteroatoms. The molecule has 1 fully saturated rings. The lowest BCUT2D eigenvalue weighted by Gasteiger charge is -2.34. The molecular weight excluding hydrogens is 396 g/mol. The van der Waals surface area contributed by atoms with Gasteiger partial charge >= 0.3 is 0 Å². The van der Waals surface area contributed by atoms with Crippen LogP contribution < -0.4 is 5.43 Å². The summed E-state index contributed by atoms with van der Waals surface area (Å²) < 4.78 is 0. The van der Waals surface area contributed by atoms with Gasteiger partial charge in [0, 0.05) is 43.3 Å². The Hall–Kier alpha value is -2.73. The lowest BCUT2D eigenvalue weighted by Crippen LogP contribution is -2.48. The number of nitrogens with zero attached hydrogens (tertiary/aromatic N) is 3. The first kappa shape index (κ1) is 20.5. The van der Waals surface area contributed by atoms with Crippen LogP contribution in [0, 0.1) is 0 Å². The lowest BCUT2D eigenvalue weighted by atomic mass is 10.1. The summed E-state index contributed by atoms with van der Waals surface area (Å²) in [5, 5.41) is 7.24. The maximum Gasteiger partial charge on any atom is 0.254 e. The molecule has 30 heavy (non-hydrogen) atoms. The molecule has 0 spiro atoms. The maximum atomic E-state index is 12.3. The zero-order valence-corrected chi connectivity index (χ0v) is 17.6. The van der Waals surface area contributed by atoms with E-state index in [1.165, 1.54) is 0 Å². The Morgan fingerprint density at radius 2 is 1.63 bits per heavy atom. The van der Waals surface area contributed by atoms with Crippen molar-refractivity contribution in [3.8, 4) is 0 Å². The number of hydrogen-bond donors (Lipinski definition) is 1. The topological polar surface area (TPSA) is 47.9 Å². The summed E-state index contributed by atoms with van der Waals surface area (Å²) in [6.07, 6.45) is 1.71. The highest BCUT2D eigenvalue weighted by molar-refractivity contribution is 6.31. The molecule has 0 aliphatic carbocycles. The van der Waals surface area contributed by atoms with Crippen molar-refractivity contribution >= 4 is 34.5 Å². The molecule has 0 unspecified atom stereocenters. The summed E-state index contributed by atoms with van der Waals surface area (Å²) in [6.45, 7) is 4.73. The van der Waals surface area contributed by atoms with Gasteiger partial charge in [0.2, 0.25) is 0 Å². The van der Waals surface area contributed by atoms with Crippen LogP contribution in [0.15, 0.2) is 71.8 Å². The van der Waals surface area contributed by atoms with E-state index in [0.717, 1.165) is 59.6 Å². The molecule has 0 bridgehead atoms. The monoisotopic (exact) mass is 420 g/mol. The Balaban J connectivity index is 1.24. The van der Waals surface area contributed by atoms with Crippen molar-refractivity contribution < 1.29 is 4.79 Å². The smallest absolute Gasteiger partial charge is 0.254 e. The van der Waals surface area contributed by atoms with E-state index in [1.807, 2.05) is 42.5 Å². The summed E-state index contributed by atoms with van der Waals surface area (Å²) in [6, 6.07) is 22.2. The second-order valence-corrected chi connectivity index (χ2v) is 7.91. The summed E-state index contributed by atoms with van der Waals surface area (Å²) in [5.74, 6) is -0.0916. The molecule has 4 rings (SSSR count). The largest absolute Gasteiger partial charge is 0.296 e. The van der Waals surface area contributed by atoms with E-state index >= 15 is 0 Å². The third-order valence-electron chi connectivity index (χ3n) is 5.40. The standard InChI is InChI=1S/C24H25ClN4O/c25-23-11-4-2-7-21(23)17-28-12-14-29(15-13-28)18-24(30)27-26-16-20-9-5-8-19-6-1-3-10-22(19)20/h1-11,16H,12-15,17-18H2,(H,27,30)/b26-16-. The third-order valence-corrected chi connectivity index (χ3v) is 5.77.